The van der Waals surface area contributed by atoms with E-state index in [0.717, 1.165) is 0 Å². The lowest BCUT2D eigenvalue weighted by molar-refractivity contribution is 0.165. The Kier molecular flexibility index (Phi) is 4.50. The Hall–Kier alpha value is -0.650. The Morgan fingerprint density at radius 1 is 1.60 bits per heavy atom. The van der Waals surface area contributed by atoms with Crippen LogP contribution in [0.2, 0.25) is 0 Å². The molecule has 0 aliphatic heterocycles. The van der Waals surface area contributed by atoms with Gasteiger partial charge in [0.25, 0.3) is 0 Å². The number of aliphatic hydroxyl groups is 1. The summed E-state index contributed by atoms with van der Waals surface area (Å²) in [5.41, 5.74) is 5.50. The molecule has 3 N–H and O–H groups in total. The van der Waals surface area contributed by atoms with Gasteiger partial charge in [-0.25, -0.2) is 4.39 Å². The summed E-state index contributed by atoms with van der Waals surface area (Å²) in [7, 11) is 1.48. The first kappa shape index (κ1) is 12.4. The van der Waals surface area contributed by atoms with Crippen LogP contribution >= 0.6 is 15.9 Å². The van der Waals surface area contributed by atoms with Crippen LogP contribution in [0.4, 0.5) is 4.39 Å². The molecular weight excluding hydrogens is 265 g/mol. The Morgan fingerprint density at radius 3 is 2.80 bits per heavy atom. The van der Waals surface area contributed by atoms with Crippen LogP contribution in [0.15, 0.2) is 16.6 Å². The van der Waals surface area contributed by atoms with E-state index >= 15 is 0 Å². The minimum absolute atomic E-state index is 0.201. The summed E-state index contributed by atoms with van der Waals surface area (Å²) in [5, 5.41) is 9.65. The normalized spacial score (nSPS) is 12.6. The lowest BCUT2D eigenvalue weighted by Crippen LogP contribution is -2.08. The van der Waals surface area contributed by atoms with Crippen molar-refractivity contribution < 1.29 is 14.2 Å². The maximum Gasteiger partial charge on any atom is 0.143 e. The molecule has 0 radical (unpaired) electrons. The largest absolute Gasteiger partial charge is 0.497 e. The van der Waals surface area contributed by atoms with Gasteiger partial charge in [0, 0.05) is 5.56 Å². The van der Waals surface area contributed by atoms with Crippen LogP contribution in [0.25, 0.3) is 0 Å². The minimum Gasteiger partial charge on any atom is -0.497 e. The molecule has 0 aliphatic rings. The zero-order valence-corrected chi connectivity index (χ0v) is 9.92. The Bertz CT molecular complexity index is 346. The molecule has 0 saturated heterocycles. The van der Waals surface area contributed by atoms with Crippen LogP contribution in [-0.4, -0.2) is 18.8 Å². The number of benzene rings is 1. The number of halogens is 2. The average Bonchev–Trinajstić information content (AvgIpc) is 2.22. The minimum atomic E-state index is -0.901. The van der Waals surface area contributed by atoms with Crippen LogP contribution < -0.4 is 10.5 Å². The van der Waals surface area contributed by atoms with Crippen molar-refractivity contribution in [3.63, 3.8) is 0 Å². The van der Waals surface area contributed by atoms with Gasteiger partial charge in [-0.2, -0.15) is 0 Å². The molecule has 1 atom stereocenters. The molecule has 0 aromatic heterocycles. The summed E-state index contributed by atoms with van der Waals surface area (Å²) in [4.78, 5) is 0. The van der Waals surface area contributed by atoms with E-state index in [9.17, 15) is 9.50 Å². The lowest BCUT2D eigenvalue weighted by Gasteiger charge is -2.13. The quantitative estimate of drug-likeness (QED) is 0.885. The third-order valence-electron chi connectivity index (χ3n) is 2.06. The van der Waals surface area contributed by atoms with E-state index in [1.165, 1.54) is 19.2 Å². The lowest BCUT2D eigenvalue weighted by atomic mass is 10.1. The van der Waals surface area contributed by atoms with Crippen molar-refractivity contribution in [3.05, 3.63) is 28.0 Å². The van der Waals surface area contributed by atoms with Crippen LogP contribution in [-0.2, 0) is 0 Å². The molecule has 0 amide bonds. The van der Waals surface area contributed by atoms with Gasteiger partial charge in [0.05, 0.1) is 17.7 Å². The van der Waals surface area contributed by atoms with Gasteiger partial charge in [0.2, 0.25) is 0 Å². The maximum absolute atomic E-state index is 13.6. The predicted octanol–water partition coefficient (Wildman–Crippen LogP) is 1.98. The van der Waals surface area contributed by atoms with Gasteiger partial charge < -0.3 is 15.6 Å². The van der Waals surface area contributed by atoms with Gasteiger partial charge in [0.1, 0.15) is 11.6 Å². The first-order chi connectivity index (χ1) is 7.10. The fraction of sp³-hybridized carbons (Fsp3) is 0.400. The fourth-order valence-electron chi connectivity index (χ4n) is 1.26. The van der Waals surface area contributed by atoms with Crippen LogP contribution in [0, 0.1) is 5.82 Å². The van der Waals surface area contributed by atoms with Gasteiger partial charge >= 0.3 is 0 Å². The summed E-state index contributed by atoms with van der Waals surface area (Å²) < 4.78 is 18.8. The highest BCUT2D eigenvalue weighted by atomic mass is 79.9. The summed E-state index contributed by atoms with van der Waals surface area (Å²) in [6.45, 7) is 0.301. The van der Waals surface area contributed by atoms with Crippen molar-refractivity contribution in [1.29, 1.82) is 0 Å². The Balaban J connectivity index is 3.09. The van der Waals surface area contributed by atoms with Crippen LogP contribution in [0.3, 0.4) is 0 Å². The van der Waals surface area contributed by atoms with E-state index in [2.05, 4.69) is 15.9 Å². The topological polar surface area (TPSA) is 55.5 Å². The number of ether oxygens (including phenoxy) is 1. The monoisotopic (exact) mass is 277 g/mol. The van der Waals surface area contributed by atoms with Crippen LogP contribution in [0.5, 0.6) is 5.75 Å². The number of rotatable bonds is 4. The molecule has 0 saturated carbocycles. The van der Waals surface area contributed by atoms with Crippen LogP contribution in [0.1, 0.15) is 18.1 Å². The third-order valence-corrected chi connectivity index (χ3v) is 2.64. The molecule has 0 bridgehead atoms. The number of nitrogens with two attached hydrogens (primary N) is 1. The summed E-state index contributed by atoms with van der Waals surface area (Å²) in [6.07, 6.45) is -0.585. The molecule has 84 valence electrons. The van der Waals surface area contributed by atoms with E-state index in [4.69, 9.17) is 10.5 Å². The highest BCUT2D eigenvalue weighted by molar-refractivity contribution is 9.10. The second kappa shape index (κ2) is 5.44. The summed E-state index contributed by atoms with van der Waals surface area (Å²) in [5.74, 6) is 0.0195. The molecule has 15 heavy (non-hydrogen) atoms. The molecule has 0 spiro atoms. The van der Waals surface area contributed by atoms with E-state index in [-0.39, 0.29) is 10.0 Å². The maximum atomic E-state index is 13.6. The third kappa shape index (κ3) is 2.90. The zero-order valence-electron chi connectivity index (χ0n) is 8.34. The van der Waals surface area contributed by atoms with Crippen molar-refractivity contribution in [1.82, 2.24) is 0 Å². The van der Waals surface area contributed by atoms with Crippen molar-refractivity contribution in [2.45, 2.75) is 12.5 Å². The molecule has 0 aliphatic carbocycles. The molecule has 5 heteroatoms. The smallest absolute Gasteiger partial charge is 0.143 e. The highest BCUT2D eigenvalue weighted by Gasteiger charge is 2.16. The second-order valence-electron chi connectivity index (χ2n) is 3.11. The predicted molar refractivity (Wildman–Crippen MR) is 59.3 cm³/mol. The van der Waals surface area contributed by atoms with Gasteiger partial charge in [0.15, 0.2) is 0 Å². The van der Waals surface area contributed by atoms with Gasteiger partial charge in [-0.05, 0) is 41.0 Å². The first-order valence-electron chi connectivity index (χ1n) is 4.51. The molecule has 0 heterocycles. The van der Waals surface area contributed by atoms with Gasteiger partial charge in [-0.15, -0.1) is 0 Å². The zero-order chi connectivity index (χ0) is 11.4. The van der Waals surface area contributed by atoms with Crippen molar-refractivity contribution in [2.75, 3.05) is 13.7 Å². The Morgan fingerprint density at radius 2 is 2.27 bits per heavy atom. The van der Waals surface area contributed by atoms with Gasteiger partial charge in [-0.1, -0.05) is 0 Å². The molecular formula is C10H13BrFNO2. The van der Waals surface area contributed by atoms with E-state index < -0.39 is 11.9 Å². The van der Waals surface area contributed by atoms with E-state index in [1.54, 1.807) is 0 Å². The average molecular weight is 278 g/mol. The number of hydrogen-bond acceptors (Lipinski definition) is 3. The molecule has 3 nitrogen and oxygen atoms in total. The highest BCUT2D eigenvalue weighted by Crippen LogP contribution is 2.30. The molecule has 1 rings (SSSR count). The van der Waals surface area contributed by atoms with Crippen molar-refractivity contribution in [2.24, 2.45) is 5.73 Å². The van der Waals surface area contributed by atoms with E-state index in [1.807, 2.05) is 0 Å². The number of methoxy groups -OCH3 is 1. The van der Waals surface area contributed by atoms with Crippen molar-refractivity contribution in [3.8, 4) is 5.75 Å². The van der Waals surface area contributed by atoms with Gasteiger partial charge in [-0.3, -0.25) is 0 Å². The molecule has 1 unspecified atom stereocenters. The van der Waals surface area contributed by atoms with Crippen molar-refractivity contribution >= 4 is 15.9 Å². The summed E-state index contributed by atoms with van der Waals surface area (Å²) in [6, 6.07) is 2.98. The van der Waals surface area contributed by atoms with E-state index in [0.29, 0.717) is 18.7 Å². The molecule has 1 aromatic carbocycles. The molecule has 0 fully saturated rings. The number of aliphatic hydroxyl groups excluding tert-OH is 1. The first-order valence-corrected chi connectivity index (χ1v) is 5.30. The summed E-state index contributed by atoms with van der Waals surface area (Å²) >= 11 is 3.06. The number of hydrogen-bond donors (Lipinski definition) is 2. The standard InChI is InChI=1S/C10H13BrFNO2/c1-15-6-4-7(9(14)2-3-13)10(12)8(11)5-6/h4-5,9,14H,2-3,13H2,1H3. The Labute approximate surface area is 96.2 Å². The molecule has 1 aromatic rings. The fourth-order valence-corrected chi connectivity index (χ4v) is 1.71. The SMILES string of the molecule is COc1cc(Br)c(F)c(C(O)CCN)c1. The second-order valence-corrected chi connectivity index (χ2v) is 3.96.